The number of ether oxygens (including phenoxy) is 2. The molecule has 0 radical (unpaired) electrons. The van der Waals surface area contributed by atoms with E-state index in [0.29, 0.717) is 11.2 Å². The number of phosphoric ester groups is 1. The van der Waals surface area contributed by atoms with Gasteiger partial charge in [-0.1, -0.05) is 0 Å². The first-order chi connectivity index (χ1) is 19.6. The van der Waals surface area contributed by atoms with Crippen LogP contribution < -0.4 is 17.0 Å². The molecule has 220 valence electrons. The minimum absolute atomic E-state index is 0.0257. The highest BCUT2D eigenvalue weighted by atomic mass is 31.2. The fourth-order valence-corrected chi connectivity index (χ4v) is 5.79. The molecule has 4 aromatic rings. The van der Waals surface area contributed by atoms with Crippen molar-refractivity contribution in [1.29, 1.82) is 0 Å². The van der Waals surface area contributed by atoms with Gasteiger partial charge in [-0.15, -0.1) is 0 Å². The Morgan fingerprint density at radius 2 is 1.80 bits per heavy atom. The summed E-state index contributed by atoms with van der Waals surface area (Å²) in [5.41, 5.74) is 11.3. The number of hydrogen-bond acceptors (Lipinski definition) is 16. The quantitative estimate of drug-likeness (QED) is 0.104. The van der Waals surface area contributed by atoms with E-state index in [9.17, 15) is 29.6 Å². The number of imidazole rings is 2. The van der Waals surface area contributed by atoms with Gasteiger partial charge in [0.15, 0.2) is 35.1 Å². The monoisotopic (exact) mass is 596 g/mol. The highest BCUT2D eigenvalue weighted by molar-refractivity contribution is 7.47. The maximum absolute atomic E-state index is 13.0. The second-order valence-corrected chi connectivity index (χ2v) is 10.8. The van der Waals surface area contributed by atoms with Crippen LogP contribution in [0.5, 0.6) is 0 Å². The van der Waals surface area contributed by atoms with Gasteiger partial charge in [0.25, 0.3) is 5.56 Å². The molecule has 41 heavy (non-hydrogen) atoms. The van der Waals surface area contributed by atoms with Crippen molar-refractivity contribution in [1.82, 2.24) is 39.0 Å². The van der Waals surface area contributed by atoms with E-state index in [2.05, 4.69) is 29.9 Å². The van der Waals surface area contributed by atoms with Gasteiger partial charge < -0.3 is 41.2 Å². The fourth-order valence-electron chi connectivity index (χ4n) is 4.84. The SMILES string of the molecule is Nc1nc2c(ncn2[C@@H]2O[C@H](CO)[C@@H](O)[C@H]2OP(=O)(O)OC[C@@H]2C[C@@H](O)[C@H](n3cnc4c(N)ncnc43)O2)c(=O)[nH]1. The Bertz CT molecular complexity index is 1690. The molecule has 21 heteroatoms. The number of hydrogen-bond donors (Lipinski definition) is 7. The van der Waals surface area contributed by atoms with Gasteiger partial charge in [-0.05, 0) is 0 Å². The van der Waals surface area contributed by atoms with E-state index >= 15 is 0 Å². The molecule has 6 rings (SSSR count). The van der Waals surface area contributed by atoms with Gasteiger partial charge in [-0.25, -0.2) is 24.5 Å². The molecular weight excluding hydrogens is 571 g/mol. The third-order valence-electron chi connectivity index (χ3n) is 6.72. The maximum Gasteiger partial charge on any atom is 0.472 e. The van der Waals surface area contributed by atoms with Crippen molar-refractivity contribution >= 4 is 41.9 Å². The average Bonchev–Trinajstić information content (AvgIpc) is 3.69. The second kappa shape index (κ2) is 10.4. The molecule has 0 amide bonds. The molecule has 2 fully saturated rings. The van der Waals surface area contributed by atoms with E-state index in [4.69, 9.17) is 30.0 Å². The van der Waals surface area contributed by atoms with Crippen LogP contribution in [0.15, 0.2) is 23.8 Å². The summed E-state index contributed by atoms with van der Waals surface area (Å²) >= 11 is 0. The van der Waals surface area contributed by atoms with Crippen molar-refractivity contribution in [3.8, 4) is 0 Å². The van der Waals surface area contributed by atoms with Crippen molar-refractivity contribution in [3.05, 3.63) is 29.3 Å². The summed E-state index contributed by atoms with van der Waals surface area (Å²) in [6.07, 6.45) is -4.80. The minimum atomic E-state index is -4.92. The Hall–Kier alpha value is -3.59. The van der Waals surface area contributed by atoms with Crippen molar-refractivity contribution in [2.75, 3.05) is 24.7 Å². The number of nitrogens with zero attached hydrogens (tertiary/aromatic N) is 7. The Morgan fingerprint density at radius 3 is 2.56 bits per heavy atom. The lowest BCUT2D eigenvalue weighted by molar-refractivity contribution is -0.0589. The highest BCUT2D eigenvalue weighted by Crippen LogP contribution is 2.50. The van der Waals surface area contributed by atoms with Crippen LogP contribution in [0.3, 0.4) is 0 Å². The standard InChI is InChI=1S/C20H25N10O10P/c21-14-10-15(24-4-23-14)29(5-25-10)18-8(32)1-7(38-18)3-37-41(35,36)40-13-12(33)9(2-31)39-19(13)30-6-26-11-16(30)27-20(22)28-17(11)34/h4-9,12-13,18-19,31-33H,1-3H2,(H,35,36)(H2,21,23,24)(H3,22,27,28,34)/t7-,8+,9+,12+,13+,18+,19+/m0/s1. The number of aliphatic hydroxyl groups is 3. The van der Waals surface area contributed by atoms with Gasteiger partial charge in [0, 0.05) is 6.42 Å². The van der Waals surface area contributed by atoms with Crippen LogP contribution in [0.1, 0.15) is 18.9 Å². The van der Waals surface area contributed by atoms with Gasteiger partial charge >= 0.3 is 7.82 Å². The molecule has 20 nitrogen and oxygen atoms in total. The summed E-state index contributed by atoms with van der Waals surface area (Å²) in [5, 5.41) is 30.9. The third kappa shape index (κ3) is 4.94. The first-order valence-corrected chi connectivity index (χ1v) is 13.6. The van der Waals surface area contributed by atoms with Crippen molar-refractivity contribution in [2.24, 2.45) is 0 Å². The number of nitrogens with one attached hydrogen (secondary N) is 1. The summed E-state index contributed by atoms with van der Waals surface area (Å²) in [5.74, 6) is -0.0825. The molecule has 4 aromatic heterocycles. The predicted octanol–water partition coefficient (Wildman–Crippen LogP) is -2.47. The highest BCUT2D eigenvalue weighted by Gasteiger charge is 2.49. The first kappa shape index (κ1) is 27.6. The van der Waals surface area contributed by atoms with Gasteiger partial charge in [-0.3, -0.25) is 28.0 Å². The average molecular weight is 596 g/mol. The second-order valence-electron chi connectivity index (χ2n) is 9.38. The van der Waals surface area contributed by atoms with Crippen molar-refractivity contribution in [3.63, 3.8) is 0 Å². The van der Waals surface area contributed by atoms with Crippen LogP contribution >= 0.6 is 7.82 Å². The van der Waals surface area contributed by atoms with E-state index in [1.165, 1.54) is 21.8 Å². The maximum atomic E-state index is 13.0. The molecule has 0 saturated carbocycles. The van der Waals surface area contributed by atoms with Gasteiger partial charge in [-0.2, -0.15) is 4.98 Å². The summed E-state index contributed by atoms with van der Waals surface area (Å²) < 4.78 is 37.5. The zero-order chi connectivity index (χ0) is 29.1. The van der Waals surface area contributed by atoms with E-state index in [1.54, 1.807) is 0 Å². The zero-order valence-corrected chi connectivity index (χ0v) is 21.8. The number of phosphoric acid groups is 1. The van der Waals surface area contributed by atoms with Crippen LogP contribution in [0.2, 0.25) is 0 Å². The third-order valence-corrected chi connectivity index (χ3v) is 7.71. The number of nitrogen functional groups attached to an aromatic ring is 2. The number of H-pyrrole nitrogens is 1. The molecule has 1 unspecified atom stereocenters. The molecule has 0 aliphatic carbocycles. The number of rotatable bonds is 8. The number of anilines is 2. The summed E-state index contributed by atoms with van der Waals surface area (Å²) in [6.45, 7) is -1.14. The smallest absolute Gasteiger partial charge is 0.394 e. The molecule has 0 bridgehead atoms. The lowest BCUT2D eigenvalue weighted by Crippen LogP contribution is -2.35. The van der Waals surface area contributed by atoms with Crippen LogP contribution in [-0.4, -0.2) is 103 Å². The fraction of sp³-hybridized carbons (Fsp3) is 0.500. The zero-order valence-electron chi connectivity index (χ0n) is 20.9. The van der Waals surface area contributed by atoms with E-state index in [0.717, 1.165) is 6.33 Å². The van der Waals surface area contributed by atoms with Gasteiger partial charge in [0.2, 0.25) is 5.95 Å². The molecule has 0 spiro atoms. The first-order valence-electron chi connectivity index (χ1n) is 12.1. The molecule has 9 N–H and O–H groups in total. The Balaban J connectivity index is 1.17. The molecule has 2 aliphatic rings. The summed E-state index contributed by atoms with van der Waals surface area (Å²) in [7, 11) is -4.92. The normalized spacial score (nSPS) is 29.9. The summed E-state index contributed by atoms with van der Waals surface area (Å²) in [4.78, 5) is 45.1. The lowest BCUT2D eigenvalue weighted by atomic mass is 10.1. The Kier molecular flexibility index (Phi) is 6.96. The molecular formula is C20H25N10O10P. The van der Waals surface area contributed by atoms with Crippen molar-refractivity contribution in [2.45, 2.75) is 49.4 Å². The van der Waals surface area contributed by atoms with Crippen LogP contribution in [0.4, 0.5) is 11.8 Å². The molecule has 0 aromatic carbocycles. The lowest BCUT2D eigenvalue weighted by Gasteiger charge is -2.24. The number of aliphatic hydroxyl groups excluding tert-OH is 3. The van der Waals surface area contributed by atoms with E-state index in [1.807, 2.05) is 0 Å². The summed E-state index contributed by atoms with van der Waals surface area (Å²) in [6, 6.07) is 0. The van der Waals surface area contributed by atoms with Crippen LogP contribution in [0.25, 0.3) is 22.3 Å². The largest absolute Gasteiger partial charge is 0.472 e. The van der Waals surface area contributed by atoms with Crippen LogP contribution in [0, 0.1) is 0 Å². The van der Waals surface area contributed by atoms with Crippen molar-refractivity contribution < 1.29 is 43.3 Å². The predicted molar refractivity (Wildman–Crippen MR) is 134 cm³/mol. The van der Waals surface area contributed by atoms with E-state index in [-0.39, 0.29) is 29.4 Å². The number of aromatic amines is 1. The molecule has 6 heterocycles. The molecule has 2 aliphatic heterocycles. The van der Waals surface area contributed by atoms with Crippen LogP contribution in [-0.2, 0) is 23.1 Å². The van der Waals surface area contributed by atoms with Gasteiger partial charge in [0.05, 0.1) is 32.0 Å². The topological polar surface area (TPSA) is 294 Å². The Labute approximate surface area is 228 Å². The number of fused-ring (bicyclic) bond motifs is 2. The van der Waals surface area contributed by atoms with Gasteiger partial charge in [0.1, 0.15) is 36.3 Å². The van der Waals surface area contributed by atoms with E-state index < -0.39 is 69.6 Å². The number of nitrogens with two attached hydrogens (primary N) is 2. The molecule has 2 saturated heterocycles. The number of aromatic nitrogens is 8. The molecule has 8 atom stereocenters. The minimum Gasteiger partial charge on any atom is -0.394 e. The Morgan fingerprint density at radius 1 is 1.07 bits per heavy atom.